The van der Waals surface area contributed by atoms with Crippen LogP contribution in [-0.2, 0) is 27.7 Å². The van der Waals surface area contributed by atoms with Crippen molar-refractivity contribution in [3.05, 3.63) is 59.2 Å². The number of hydrogen-bond donors (Lipinski definition) is 0. The molecular formula is C23H24N2O5S. The van der Waals surface area contributed by atoms with Crippen LogP contribution in [0.3, 0.4) is 0 Å². The highest BCUT2D eigenvalue weighted by atomic mass is 32.2. The third-order valence-electron chi connectivity index (χ3n) is 6.07. The van der Waals surface area contributed by atoms with E-state index in [9.17, 15) is 13.2 Å². The van der Waals surface area contributed by atoms with Gasteiger partial charge >= 0.3 is 0 Å². The molecule has 1 amide bonds. The average Bonchev–Trinajstić information content (AvgIpc) is 3.45. The van der Waals surface area contributed by atoms with Crippen LogP contribution in [0.1, 0.15) is 23.1 Å². The summed E-state index contributed by atoms with van der Waals surface area (Å²) in [5.41, 5.74) is 3.24. The van der Waals surface area contributed by atoms with Crippen molar-refractivity contribution in [2.45, 2.75) is 24.2 Å². The fourth-order valence-electron chi connectivity index (χ4n) is 4.30. The van der Waals surface area contributed by atoms with Crippen LogP contribution in [0.4, 0.5) is 0 Å². The van der Waals surface area contributed by atoms with E-state index in [1.54, 1.807) is 17.0 Å². The van der Waals surface area contributed by atoms with Crippen molar-refractivity contribution in [3.8, 4) is 11.5 Å². The number of ether oxygens (including phenoxy) is 2. The maximum absolute atomic E-state index is 13.1. The summed E-state index contributed by atoms with van der Waals surface area (Å²) in [4.78, 5) is 14.6. The topological polar surface area (TPSA) is 76.2 Å². The van der Waals surface area contributed by atoms with E-state index < -0.39 is 10.0 Å². The lowest BCUT2D eigenvalue weighted by Gasteiger charge is -2.33. The predicted octanol–water partition coefficient (Wildman–Crippen LogP) is 2.45. The van der Waals surface area contributed by atoms with E-state index in [1.165, 1.54) is 15.9 Å². The van der Waals surface area contributed by atoms with Crippen molar-refractivity contribution in [1.82, 2.24) is 9.21 Å². The summed E-state index contributed by atoms with van der Waals surface area (Å²) in [6.07, 6.45) is 6.30. The number of sulfonamides is 1. The summed E-state index contributed by atoms with van der Waals surface area (Å²) < 4.78 is 38.2. The summed E-state index contributed by atoms with van der Waals surface area (Å²) in [6.45, 7) is 1.54. The molecule has 0 N–H and O–H groups in total. The molecule has 0 bridgehead atoms. The summed E-state index contributed by atoms with van der Waals surface area (Å²) >= 11 is 0. The van der Waals surface area contributed by atoms with Crippen molar-refractivity contribution < 1.29 is 22.7 Å². The molecule has 162 valence electrons. The molecule has 0 radical (unpaired) electrons. The van der Waals surface area contributed by atoms with Crippen LogP contribution in [0.2, 0.25) is 0 Å². The van der Waals surface area contributed by atoms with Gasteiger partial charge in [0.25, 0.3) is 0 Å². The zero-order valence-corrected chi connectivity index (χ0v) is 17.9. The minimum Gasteiger partial charge on any atom is -0.454 e. The Labute approximate surface area is 181 Å². The molecule has 1 aliphatic carbocycles. The summed E-state index contributed by atoms with van der Waals surface area (Å²) in [6, 6.07) is 11.0. The van der Waals surface area contributed by atoms with Crippen LogP contribution in [0.5, 0.6) is 11.5 Å². The third-order valence-corrected chi connectivity index (χ3v) is 7.97. The Morgan fingerprint density at radius 3 is 2.52 bits per heavy atom. The largest absolute Gasteiger partial charge is 0.454 e. The van der Waals surface area contributed by atoms with Gasteiger partial charge in [0, 0.05) is 32.3 Å². The first-order valence-electron chi connectivity index (χ1n) is 10.5. The molecule has 0 aromatic heterocycles. The van der Waals surface area contributed by atoms with E-state index in [-0.39, 0.29) is 12.7 Å². The van der Waals surface area contributed by atoms with Crippen LogP contribution < -0.4 is 9.47 Å². The van der Waals surface area contributed by atoms with Gasteiger partial charge in [-0.25, -0.2) is 8.42 Å². The number of carbonyl (C=O) groups excluding carboxylic acids is 1. The molecule has 1 fully saturated rings. The molecule has 5 rings (SSSR count). The van der Waals surface area contributed by atoms with E-state index in [0.29, 0.717) is 42.6 Å². The molecule has 0 spiro atoms. The van der Waals surface area contributed by atoms with E-state index in [1.807, 2.05) is 30.3 Å². The second-order valence-electron chi connectivity index (χ2n) is 7.96. The van der Waals surface area contributed by atoms with Crippen LogP contribution in [0, 0.1) is 0 Å². The van der Waals surface area contributed by atoms with Crippen molar-refractivity contribution >= 4 is 22.0 Å². The molecule has 0 unspecified atom stereocenters. The van der Waals surface area contributed by atoms with Crippen LogP contribution >= 0.6 is 0 Å². The lowest BCUT2D eigenvalue weighted by atomic mass is 10.1. The van der Waals surface area contributed by atoms with Gasteiger partial charge in [0.1, 0.15) is 0 Å². The van der Waals surface area contributed by atoms with Crippen LogP contribution in [0.15, 0.2) is 47.4 Å². The van der Waals surface area contributed by atoms with Crippen LogP contribution in [-0.4, -0.2) is 56.5 Å². The van der Waals surface area contributed by atoms with Crippen LogP contribution in [0.25, 0.3) is 6.08 Å². The number of carbonyl (C=O) groups is 1. The predicted molar refractivity (Wildman–Crippen MR) is 115 cm³/mol. The third kappa shape index (κ3) is 3.93. The molecule has 0 atom stereocenters. The monoisotopic (exact) mass is 440 g/mol. The molecule has 0 saturated carbocycles. The smallest absolute Gasteiger partial charge is 0.246 e. The quantitative estimate of drug-likeness (QED) is 0.683. The average molecular weight is 441 g/mol. The first-order valence-corrected chi connectivity index (χ1v) is 11.9. The molecule has 2 heterocycles. The summed E-state index contributed by atoms with van der Waals surface area (Å²) in [5.74, 6) is 1.23. The minimum atomic E-state index is -3.54. The highest BCUT2D eigenvalue weighted by molar-refractivity contribution is 7.89. The second-order valence-corrected chi connectivity index (χ2v) is 9.90. The fraction of sp³-hybridized carbons (Fsp3) is 0.348. The molecule has 1 saturated heterocycles. The van der Waals surface area contributed by atoms with Crippen molar-refractivity contribution in [3.63, 3.8) is 0 Å². The van der Waals surface area contributed by atoms with Gasteiger partial charge < -0.3 is 14.4 Å². The summed E-state index contributed by atoms with van der Waals surface area (Å²) in [7, 11) is -3.54. The molecule has 8 heteroatoms. The van der Waals surface area contributed by atoms with Gasteiger partial charge in [-0.2, -0.15) is 4.31 Å². The number of fused-ring (bicyclic) bond motifs is 2. The van der Waals surface area contributed by atoms with E-state index >= 15 is 0 Å². The number of nitrogens with zero attached hydrogens (tertiary/aromatic N) is 2. The Kier molecular flexibility index (Phi) is 5.19. The Bertz CT molecular complexity index is 1150. The Morgan fingerprint density at radius 2 is 1.68 bits per heavy atom. The number of hydrogen-bond acceptors (Lipinski definition) is 5. The van der Waals surface area contributed by atoms with Crippen molar-refractivity contribution in [1.29, 1.82) is 0 Å². The first kappa shape index (κ1) is 20.1. The number of amides is 1. The van der Waals surface area contributed by atoms with Gasteiger partial charge in [0.15, 0.2) is 11.5 Å². The number of aryl methyl sites for hydroxylation is 2. The second kappa shape index (κ2) is 8.01. The number of piperazine rings is 1. The Hall–Kier alpha value is -2.84. The minimum absolute atomic E-state index is 0.132. The first-order chi connectivity index (χ1) is 15.0. The highest BCUT2D eigenvalue weighted by Gasteiger charge is 2.30. The van der Waals surface area contributed by atoms with E-state index in [4.69, 9.17) is 9.47 Å². The maximum Gasteiger partial charge on any atom is 0.246 e. The van der Waals surface area contributed by atoms with Crippen molar-refractivity contribution in [2.75, 3.05) is 33.0 Å². The molecule has 2 aromatic rings. The van der Waals surface area contributed by atoms with Gasteiger partial charge in [0.05, 0.1) is 4.90 Å². The van der Waals surface area contributed by atoms with Crippen molar-refractivity contribution in [2.24, 2.45) is 0 Å². The lowest BCUT2D eigenvalue weighted by Crippen LogP contribution is -2.50. The molecule has 2 aliphatic heterocycles. The van der Waals surface area contributed by atoms with Gasteiger partial charge in [-0.15, -0.1) is 0 Å². The molecule has 7 nitrogen and oxygen atoms in total. The molecule has 3 aliphatic rings. The maximum atomic E-state index is 13.1. The van der Waals surface area contributed by atoms with Gasteiger partial charge in [0.2, 0.25) is 22.7 Å². The molecule has 2 aromatic carbocycles. The fourth-order valence-corrected chi connectivity index (χ4v) is 5.77. The summed E-state index contributed by atoms with van der Waals surface area (Å²) in [5, 5.41) is 0. The lowest BCUT2D eigenvalue weighted by molar-refractivity contribution is -0.127. The zero-order chi connectivity index (χ0) is 21.4. The van der Waals surface area contributed by atoms with Gasteiger partial charge in [-0.05, 0) is 66.3 Å². The SMILES string of the molecule is O=C(/C=C/c1ccc2c(c1)OCO2)N1CCN(S(=O)(=O)c2ccc3c(c2)CCC3)CC1. The zero-order valence-electron chi connectivity index (χ0n) is 17.1. The van der Waals surface area contributed by atoms with Gasteiger partial charge in [-0.1, -0.05) is 12.1 Å². The molecular weight excluding hydrogens is 416 g/mol. The Morgan fingerprint density at radius 1 is 0.903 bits per heavy atom. The van der Waals surface area contributed by atoms with E-state index in [0.717, 1.165) is 30.4 Å². The Balaban J connectivity index is 1.21. The standard InChI is InChI=1S/C23H24N2O5S/c26-23(9-5-17-4-8-21-22(14-17)30-16-29-21)24-10-12-25(13-11-24)31(27,28)20-7-6-18-2-1-3-19(18)15-20/h4-9,14-15H,1-3,10-13,16H2/b9-5+. The van der Waals surface area contributed by atoms with E-state index in [2.05, 4.69) is 0 Å². The molecule has 31 heavy (non-hydrogen) atoms. The highest BCUT2D eigenvalue weighted by Crippen LogP contribution is 2.33. The normalized spacial score (nSPS) is 18.5. The number of rotatable bonds is 4. The van der Waals surface area contributed by atoms with Gasteiger partial charge in [-0.3, -0.25) is 4.79 Å². The number of benzene rings is 2.